The third-order valence-electron chi connectivity index (χ3n) is 4.29. The molecule has 3 aromatic carbocycles. The molecule has 0 aliphatic carbocycles. The van der Waals surface area contributed by atoms with Crippen molar-refractivity contribution in [2.24, 2.45) is 0 Å². The molecule has 3 aromatic rings. The smallest absolute Gasteiger partial charge is 0.140 e. The topological polar surface area (TPSA) is 43.7 Å². The molecule has 0 amide bonds. The second kappa shape index (κ2) is 8.70. The highest BCUT2D eigenvalue weighted by atomic mass is 35.5. The minimum atomic E-state index is -0.815. The molecule has 0 heterocycles. The normalized spacial score (nSPS) is 12.0. The molecule has 1 unspecified atom stereocenters. The number of aliphatic hydroxyl groups is 1. The Morgan fingerprint density at radius 2 is 1.70 bits per heavy atom. The van der Waals surface area contributed by atoms with Crippen molar-refractivity contribution in [2.45, 2.75) is 31.4 Å². The average molecular weight is 400 g/mol. The third kappa shape index (κ3) is 4.78. The molecule has 0 fully saturated rings. The number of phenolic OH excluding ortho intramolecular Hbond substituents is 1. The van der Waals surface area contributed by atoms with Crippen molar-refractivity contribution in [1.29, 1.82) is 0 Å². The van der Waals surface area contributed by atoms with Gasteiger partial charge < -0.3 is 14.5 Å². The fourth-order valence-corrected chi connectivity index (χ4v) is 4.01. The van der Waals surface area contributed by atoms with Crippen LogP contribution in [0.3, 0.4) is 0 Å². The predicted octanol–water partition coefficient (Wildman–Crippen LogP) is 6.12. The Hall–Kier alpha value is -2.14. The average Bonchev–Trinajstić information content (AvgIpc) is 2.65. The summed E-state index contributed by atoms with van der Waals surface area (Å²) in [4.78, 5) is 1.14. The lowest BCUT2D eigenvalue weighted by Crippen LogP contribution is -2.14. The van der Waals surface area contributed by atoms with Crippen molar-refractivity contribution >= 4 is 29.2 Å². The molecule has 3 rings (SSSR count). The van der Waals surface area contributed by atoms with Crippen LogP contribution < -0.4 is 4.31 Å². The first-order valence-corrected chi connectivity index (χ1v) is 9.86. The zero-order chi connectivity index (χ0) is 19.4. The maximum Gasteiger partial charge on any atom is 0.140 e. The van der Waals surface area contributed by atoms with Gasteiger partial charge in [-0.15, -0.1) is 0 Å². The summed E-state index contributed by atoms with van der Waals surface area (Å²) >= 11 is 7.86. The number of aryl methyl sites for hydroxylation is 1. The van der Waals surface area contributed by atoms with Gasteiger partial charge in [0, 0.05) is 16.1 Å². The first kappa shape index (κ1) is 19.6. The van der Waals surface area contributed by atoms with Crippen molar-refractivity contribution in [3.63, 3.8) is 0 Å². The maximum absolute atomic E-state index is 10.2. The van der Waals surface area contributed by atoms with Gasteiger partial charge in [-0.2, -0.15) is 0 Å². The third-order valence-corrected chi connectivity index (χ3v) is 5.79. The van der Waals surface area contributed by atoms with Crippen molar-refractivity contribution in [3.8, 4) is 5.75 Å². The van der Waals surface area contributed by atoms with Crippen LogP contribution in [0, 0.1) is 6.92 Å². The van der Waals surface area contributed by atoms with E-state index < -0.39 is 6.10 Å². The summed E-state index contributed by atoms with van der Waals surface area (Å²) in [6.07, 6.45) is -0.815. The lowest BCUT2D eigenvalue weighted by atomic mass is 10.1. The minimum absolute atomic E-state index is 0.0732. The fraction of sp³-hybridized carbons (Fsp3) is 0.182. The van der Waals surface area contributed by atoms with Gasteiger partial charge in [0.05, 0.1) is 17.7 Å². The highest BCUT2D eigenvalue weighted by molar-refractivity contribution is 8.00. The lowest BCUT2D eigenvalue weighted by molar-refractivity contribution is 0.195. The van der Waals surface area contributed by atoms with Crippen LogP contribution in [-0.2, 0) is 6.54 Å². The Kier molecular flexibility index (Phi) is 6.32. The number of nitrogens with zero attached hydrogens (tertiary/aromatic N) is 1. The van der Waals surface area contributed by atoms with Gasteiger partial charge in [-0.25, -0.2) is 0 Å². The second-order valence-corrected chi connectivity index (χ2v) is 7.89. The van der Waals surface area contributed by atoms with Crippen LogP contribution in [0.5, 0.6) is 5.75 Å². The van der Waals surface area contributed by atoms with Gasteiger partial charge in [0.15, 0.2) is 0 Å². The van der Waals surface area contributed by atoms with Crippen LogP contribution in [0.15, 0.2) is 71.6 Å². The summed E-state index contributed by atoms with van der Waals surface area (Å²) in [5, 5.41) is 20.4. The SMILES string of the molecule is Cc1ccccc1SN(Cc1ccccc1)c1cc(Cl)c(O)c(C(C)O)c1. The minimum Gasteiger partial charge on any atom is -0.506 e. The van der Waals surface area contributed by atoms with E-state index in [1.54, 1.807) is 31.0 Å². The number of aromatic hydroxyl groups is 1. The van der Waals surface area contributed by atoms with Gasteiger partial charge in [0.25, 0.3) is 0 Å². The first-order valence-electron chi connectivity index (χ1n) is 8.71. The van der Waals surface area contributed by atoms with E-state index in [0.717, 1.165) is 16.1 Å². The second-order valence-electron chi connectivity index (χ2n) is 6.42. The van der Waals surface area contributed by atoms with Crippen LogP contribution in [0.1, 0.15) is 29.7 Å². The molecule has 2 N–H and O–H groups in total. The van der Waals surface area contributed by atoms with Crippen molar-refractivity contribution in [2.75, 3.05) is 4.31 Å². The van der Waals surface area contributed by atoms with E-state index >= 15 is 0 Å². The highest BCUT2D eigenvalue weighted by Gasteiger charge is 2.18. The highest BCUT2D eigenvalue weighted by Crippen LogP contribution is 2.40. The molecule has 0 saturated heterocycles. The monoisotopic (exact) mass is 399 g/mol. The van der Waals surface area contributed by atoms with Crippen molar-refractivity contribution in [1.82, 2.24) is 0 Å². The summed E-state index contributed by atoms with van der Waals surface area (Å²) in [5.74, 6) is -0.0732. The summed E-state index contributed by atoms with van der Waals surface area (Å²) in [6.45, 7) is 4.35. The molecule has 0 radical (unpaired) electrons. The molecule has 0 spiro atoms. The molecule has 0 aliphatic rings. The number of phenols is 1. The van der Waals surface area contributed by atoms with Crippen LogP contribution in [0.2, 0.25) is 5.02 Å². The molecule has 0 aromatic heterocycles. The van der Waals surface area contributed by atoms with Crippen LogP contribution in [-0.4, -0.2) is 10.2 Å². The molecular weight excluding hydrogens is 378 g/mol. The van der Waals surface area contributed by atoms with Gasteiger partial charge in [0.1, 0.15) is 5.75 Å². The number of hydrogen-bond acceptors (Lipinski definition) is 4. The zero-order valence-electron chi connectivity index (χ0n) is 15.3. The first-order chi connectivity index (χ1) is 13.0. The van der Waals surface area contributed by atoms with E-state index in [2.05, 4.69) is 35.5 Å². The molecule has 5 heteroatoms. The van der Waals surface area contributed by atoms with Gasteiger partial charge >= 0.3 is 0 Å². The summed E-state index contributed by atoms with van der Waals surface area (Å²) in [7, 11) is 0. The van der Waals surface area contributed by atoms with Crippen molar-refractivity contribution in [3.05, 3.63) is 88.4 Å². The van der Waals surface area contributed by atoms with Gasteiger partial charge in [0.2, 0.25) is 0 Å². The Labute approximate surface area is 169 Å². The standard InChI is InChI=1S/C22H22ClNO2S/c1-15-8-6-7-11-21(15)27-24(14-17-9-4-3-5-10-17)18-12-19(16(2)25)22(26)20(23)13-18/h3-13,16,25-26H,14H2,1-2H3. The van der Waals surface area contributed by atoms with Gasteiger partial charge in [-0.3, -0.25) is 0 Å². The molecule has 0 aliphatic heterocycles. The van der Waals surface area contributed by atoms with E-state index in [-0.39, 0.29) is 10.8 Å². The molecule has 140 valence electrons. The summed E-state index contributed by atoms with van der Waals surface area (Å²) in [5.41, 5.74) is 3.58. The Morgan fingerprint density at radius 3 is 2.37 bits per heavy atom. The Bertz CT molecular complexity index is 915. The largest absolute Gasteiger partial charge is 0.506 e. The number of aliphatic hydroxyl groups excluding tert-OH is 1. The van der Waals surface area contributed by atoms with Gasteiger partial charge in [-0.1, -0.05) is 60.1 Å². The maximum atomic E-state index is 10.2. The van der Waals surface area contributed by atoms with Crippen LogP contribution in [0.4, 0.5) is 5.69 Å². The number of benzene rings is 3. The predicted molar refractivity (Wildman–Crippen MR) is 113 cm³/mol. The van der Waals surface area contributed by atoms with E-state index in [0.29, 0.717) is 12.1 Å². The van der Waals surface area contributed by atoms with E-state index in [1.165, 1.54) is 5.56 Å². The van der Waals surface area contributed by atoms with E-state index in [1.807, 2.05) is 30.3 Å². The molecule has 1 atom stereocenters. The fourth-order valence-electron chi connectivity index (χ4n) is 2.77. The molecule has 3 nitrogen and oxygen atoms in total. The quantitative estimate of drug-likeness (QED) is 0.490. The zero-order valence-corrected chi connectivity index (χ0v) is 16.8. The number of hydrogen-bond donors (Lipinski definition) is 2. The van der Waals surface area contributed by atoms with Gasteiger partial charge in [-0.05, 0) is 55.1 Å². The number of rotatable bonds is 6. The number of halogens is 1. The lowest BCUT2D eigenvalue weighted by Gasteiger charge is -2.26. The summed E-state index contributed by atoms with van der Waals surface area (Å²) in [6, 6.07) is 21.9. The molecule has 0 saturated carbocycles. The molecule has 27 heavy (non-hydrogen) atoms. The van der Waals surface area contributed by atoms with Crippen LogP contribution >= 0.6 is 23.5 Å². The Balaban J connectivity index is 2.02. The number of anilines is 1. The Morgan fingerprint density at radius 1 is 1.04 bits per heavy atom. The summed E-state index contributed by atoms with van der Waals surface area (Å²) < 4.78 is 2.12. The van der Waals surface area contributed by atoms with E-state index in [9.17, 15) is 10.2 Å². The van der Waals surface area contributed by atoms with Crippen LogP contribution in [0.25, 0.3) is 0 Å². The van der Waals surface area contributed by atoms with Crippen molar-refractivity contribution < 1.29 is 10.2 Å². The van der Waals surface area contributed by atoms with E-state index in [4.69, 9.17) is 11.6 Å². The molecular formula is C22H22ClNO2S. The molecule has 0 bridgehead atoms.